The van der Waals surface area contributed by atoms with Crippen molar-refractivity contribution in [2.75, 3.05) is 12.3 Å². The van der Waals surface area contributed by atoms with Gasteiger partial charge in [-0.15, -0.1) is 0 Å². The highest BCUT2D eigenvalue weighted by molar-refractivity contribution is 7.89. The van der Waals surface area contributed by atoms with Crippen molar-refractivity contribution < 1.29 is 18.0 Å². The van der Waals surface area contributed by atoms with Gasteiger partial charge in [-0.2, -0.15) is 0 Å². The van der Waals surface area contributed by atoms with Crippen molar-refractivity contribution in [3.8, 4) is 0 Å². The third kappa shape index (κ3) is 3.17. The Morgan fingerprint density at radius 2 is 2.06 bits per heavy atom. The van der Waals surface area contributed by atoms with Crippen molar-refractivity contribution in [2.45, 2.75) is 25.7 Å². The van der Waals surface area contributed by atoms with Crippen molar-refractivity contribution in [1.82, 2.24) is 4.90 Å². The van der Waals surface area contributed by atoms with E-state index in [1.54, 1.807) is 0 Å². The number of sulfonamides is 1. The molecule has 2 aliphatic rings. The van der Waals surface area contributed by atoms with Gasteiger partial charge in [0, 0.05) is 37.1 Å². The normalized spacial score (nSPS) is 25.5. The Balaban J connectivity index is 2.08. The number of ketones is 1. The van der Waals surface area contributed by atoms with E-state index in [0.717, 1.165) is 6.42 Å². The zero-order valence-electron chi connectivity index (χ0n) is 9.96. The topological polar surface area (TPSA) is 97.5 Å². The Hall–Kier alpha value is -1.21. The molecule has 0 radical (unpaired) electrons. The number of rotatable bonds is 3. The standard InChI is InChI=1S/C11H16N2O4S/c12-18(16,17)7-8-4-11(15)13(6-8)9-2-1-3-10(14)5-9/h5,8H,1-4,6-7H2,(H2,12,16,17). The predicted molar refractivity (Wildman–Crippen MR) is 64.7 cm³/mol. The van der Waals surface area contributed by atoms with Crippen molar-refractivity contribution in [1.29, 1.82) is 0 Å². The third-order valence-corrected chi connectivity index (χ3v) is 4.14. The van der Waals surface area contributed by atoms with E-state index in [2.05, 4.69) is 0 Å². The predicted octanol–water partition coefficient (Wildman–Crippen LogP) is -0.240. The van der Waals surface area contributed by atoms with Crippen LogP contribution in [-0.4, -0.2) is 37.3 Å². The molecule has 1 aliphatic carbocycles. The summed E-state index contributed by atoms with van der Waals surface area (Å²) in [5.41, 5.74) is 0.716. The van der Waals surface area contributed by atoms with Gasteiger partial charge < -0.3 is 4.90 Å². The molecule has 0 aromatic heterocycles. The summed E-state index contributed by atoms with van der Waals surface area (Å²) in [6.45, 7) is 0.342. The van der Waals surface area contributed by atoms with Crippen LogP contribution in [0, 0.1) is 5.92 Å². The number of carbonyl (C=O) groups excluding carboxylic acids is 2. The molecule has 1 atom stereocenters. The first kappa shape index (κ1) is 13.2. The van der Waals surface area contributed by atoms with E-state index >= 15 is 0 Å². The fourth-order valence-corrected chi connectivity index (χ4v) is 3.37. The number of primary sulfonamides is 1. The third-order valence-electron chi connectivity index (χ3n) is 3.20. The molecule has 1 unspecified atom stereocenters. The Morgan fingerprint density at radius 1 is 1.33 bits per heavy atom. The number of hydrogen-bond donors (Lipinski definition) is 1. The average Bonchev–Trinajstić information content (AvgIpc) is 2.56. The molecular formula is C11H16N2O4S. The van der Waals surface area contributed by atoms with Crippen molar-refractivity contribution in [3.63, 3.8) is 0 Å². The van der Waals surface area contributed by atoms with Gasteiger partial charge >= 0.3 is 0 Å². The van der Waals surface area contributed by atoms with Gasteiger partial charge in [-0.3, -0.25) is 9.59 Å². The van der Waals surface area contributed by atoms with Gasteiger partial charge in [0.15, 0.2) is 5.78 Å². The Kier molecular flexibility index (Phi) is 3.54. The summed E-state index contributed by atoms with van der Waals surface area (Å²) in [7, 11) is -3.56. The van der Waals surface area contributed by atoms with Crippen LogP contribution in [0.25, 0.3) is 0 Å². The summed E-state index contributed by atoms with van der Waals surface area (Å²) in [5.74, 6) is -0.551. The molecule has 18 heavy (non-hydrogen) atoms. The number of carbonyl (C=O) groups is 2. The summed E-state index contributed by atoms with van der Waals surface area (Å²) in [5, 5.41) is 4.98. The van der Waals surface area contributed by atoms with E-state index in [-0.39, 0.29) is 29.8 Å². The molecule has 100 valence electrons. The van der Waals surface area contributed by atoms with E-state index in [1.165, 1.54) is 11.0 Å². The van der Waals surface area contributed by atoms with Gasteiger partial charge in [-0.05, 0) is 12.8 Å². The second-order valence-electron chi connectivity index (χ2n) is 4.86. The van der Waals surface area contributed by atoms with Crippen LogP contribution in [0.15, 0.2) is 11.8 Å². The SMILES string of the molecule is NS(=O)(=O)CC1CC(=O)N(C2=CC(=O)CCC2)C1. The average molecular weight is 272 g/mol. The molecule has 0 bridgehead atoms. The van der Waals surface area contributed by atoms with Gasteiger partial charge in [0.1, 0.15) is 0 Å². The molecule has 2 rings (SSSR count). The Bertz CT molecular complexity index is 509. The molecule has 1 saturated heterocycles. The summed E-state index contributed by atoms with van der Waals surface area (Å²) >= 11 is 0. The monoisotopic (exact) mass is 272 g/mol. The Morgan fingerprint density at radius 3 is 2.67 bits per heavy atom. The first-order valence-corrected chi connectivity index (χ1v) is 7.61. The van der Waals surface area contributed by atoms with E-state index in [1.807, 2.05) is 0 Å². The number of nitrogens with zero attached hydrogens (tertiary/aromatic N) is 1. The molecule has 7 heteroatoms. The van der Waals surface area contributed by atoms with Crippen LogP contribution in [0.3, 0.4) is 0 Å². The van der Waals surface area contributed by atoms with Crippen LogP contribution in [0.5, 0.6) is 0 Å². The molecular weight excluding hydrogens is 256 g/mol. The molecule has 1 amide bonds. The van der Waals surface area contributed by atoms with Crippen LogP contribution in [0.4, 0.5) is 0 Å². The minimum Gasteiger partial charge on any atom is -0.316 e. The van der Waals surface area contributed by atoms with Crippen LogP contribution in [-0.2, 0) is 19.6 Å². The van der Waals surface area contributed by atoms with Crippen LogP contribution < -0.4 is 5.14 Å². The van der Waals surface area contributed by atoms with E-state index < -0.39 is 10.0 Å². The van der Waals surface area contributed by atoms with Crippen molar-refractivity contribution in [3.05, 3.63) is 11.8 Å². The minimum absolute atomic E-state index is 0.0268. The van der Waals surface area contributed by atoms with Crippen molar-refractivity contribution >= 4 is 21.7 Å². The minimum atomic E-state index is -3.56. The van der Waals surface area contributed by atoms with Crippen molar-refractivity contribution in [2.24, 2.45) is 11.1 Å². The van der Waals surface area contributed by atoms with Gasteiger partial charge in [-0.1, -0.05) is 0 Å². The van der Waals surface area contributed by atoms with Crippen LogP contribution in [0.1, 0.15) is 25.7 Å². The second kappa shape index (κ2) is 4.81. The number of amides is 1. The number of allylic oxidation sites excluding steroid dienone is 2. The maximum Gasteiger partial charge on any atom is 0.227 e. The molecule has 1 fully saturated rings. The highest BCUT2D eigenvalue weighted by Crippen LogP contribution is 2.27. The molecule has 1 heterocycles. The molecule has 2 N–H and O–H groups in total. The van der Waals surface area contributed by atoms with Crippen LogP contribution >= 0.6 is 0 Å². The quantitative estimate of drug-likeness (QED) is 0.766. The molecule has 0 aromatic carbocycles. The van der Waals surface area contributed by atoms with Crippen LogP contribution in [0.2, 0.25) is 0 Å². The maximum absolute atomic E-state index is 11.8. The molecule has 6 nitrogen and oxygen atoms in total. The lowest BCUT2D eigenvalue weighted by Crippen LogP contribution is -2.28. The molecule has 0 spiro atoms. The smallest absolute Gasteiger partial charge is 0.227 e. The summed E-state index contributed by atoms with van der Waals surface area (Å²) in [6.07, 6.45) is 3.64. The van der Waals surface area contributed by atoms with E-state index in [9.17, 15) is 18.0 Å². The lowest BCUT2D eigenvalue weighted by atomic mass is 10.0. The molecule has 0 saturated carbocycles. The number of nitrogens with two attached hydrogens (primary N) is 1. The first-order chi connectivity index (χ1) is 8.35. The zero-order chi connectivity index (χ0) is 13.3. The van der Waals surface area contributed by atoms with Gasteiger partial charge in [0.25, 0.3) is 0 Å². The van der Waals surface area contributed by atoms with Gasteiger partial charge in [0.05, 0.1) is 5.75 Å². The summed E-state index contributed by atoms with van der Waals surface area (Å²) < 4.78 is 22.0. The largest absolute Gasteiger partial charge is 0.316 e. The fraction of sp³-hybridized carbons (Fsp3) is 0.636. The summed E-state index contributed by atoms with van der Waals surface area (Å²) in [6, 6.07) is 0. The highest BCUT2D eigenvalue weighted by Gasteiger charge is 2.34. The van der Waals surface area contributed by atoms with Gasteiger partial charge in [0.2, 0.25) is 15.9 Å². The van der Waals surface area contributed by atoms with Gasteiger partial charge in [-0.25, -0.2) is 13.6 Å². The Labute approximate surface area is 106 Å². The zero-order valence-corrected chi connectivity index (χ0v) is 10.8. The lowest BCUT2D eigenvalue weighted by molar-refractivity contribution is -0.126. The van der Waals surface area contributed by atoms with E-state index in [4.69, 9.17) is 5.14 Å². The molecule has 1 aliphatic heterocycles. The summed E-state index contributed by atoms with van der Waals surface area (Å²) in [4.78, 5) is 24.7. The molecule has 0 aromatic rings. The first-order valence-electron chi connectivity index (χ1n) is 5.89. The second-order valence-corrected chi connectivity index (χ2v) is 6.52. The highest BCUT2D eigenvalue weighted by atomic mass is 32.2. The number of hydrogen-bond acceptors (Lipinski definition) is 4. The maximum atomic E-state index is 11.8. The number of likely N-dealkylation sites (tertiary alicyclic amines) is 1. The van der Waals surface area contributed by atoms with E-state index in [0.29, 0.717) is 25.1 Å². The fourth-order valence-electron chi connectivity index (χ4n) is 2.49. The lowest BCUT2D eigenvalue weighted by Gasteiger charge is -2.22.